The molecule has 0 unspecified atom stereocenters. The number of carbonyl (C=O) groups is 2. The van der Waals surface area contributed by atoms with Gasteiger partial charge in [0.1, 0.15) is 6.61 Å². The van der Waals surface area contributed by atoms with Crippen molar-refractivity contribution < 1.29 is 24.2 Å². The number of carboxylic acids is 1. The lowest BCUT2D eigenvalue weighted by molar-refractivity contribution is 0.0696. The minimum atomic E-state index is -0.958. The van der Waals surface area contributed by atoms with Gasteiger partial charge in [0, 0.05) is 18.8 Å². The number of carbonyl (C=O) groups excluding carboxylic acids is 1. The number of aromatic carboxylic acids is 1. The van der Waals surface area contributed by atoms with Gasteiger partial charge in [-0.05, 0) is 49.2 Å². The van der Waals surface area contributed by atoms with Crippen LogP contribution in [-0.2, 0) is 0 Å². The minimum absolute atomic E-state index is 0.0383. The zero-order valence-electron chi connectivity index (χ0n) is 15.7. The molecule has 0 radical (unpaired) electrons. The van der Waals surface area contributed by atoms with Crippen molar-refractivity contribution in [3.05, 3.63) is 47.5 Å². The van der Waals surface area contributed by atoms with Crippen molar-refractivity contribution in [3.63, 3.8) is 0 Å². The monoisotopic (exact) mass is 382 g/mol. The summed E-state index contributed by atoms with van der Waals surface area (Å²) >= 11 is 0. The summed E-state index contributed by atoms with van der Waals surface area (Å²) in [5.41, 5.74) is 2.40. The molecule has 146 valence electrons. The lowest BCUT2D eigenvalue weighted by Crippen LogP contribution is -2.31. The number of anilines is 2. The summed E-state index contributed by atoms with van der Waals surface area (Å²) in [5, 5.41) is 9.10. The fourth-order valence-corrected chi connectivity index (χ4v) is 3.78. The Morgan fingerprint density at radius 1 is 1.04 bits per heavy atom. The summed E-state index contributed by atoms with van der Waals surface area (Å²) in [6.45, 7) is 2.58. The van der Waals surface area contributed by atoms with Gasteiger partial charge in [-0.15, -0.1) is 0 Å². The largest absolute Gasteiger partial charge is 0.492 e. The van der Waals surface area contributed by atoms with E-state index in [0.29, 0.717) is 30.2 Å². The molecule has 1 fully saturated rings. The molecule has 2 heterocycles. The molecule has 0 saturated carbocycles. The second-order valence-corrected chi connectivity index (χ2v) is 6.85. The summed E-state index contributed by atoms with van der Waals surface area (Å²) in [5.74, 6) is -0.00767. The number of rotatable bonds is 4. The van der Waals surface area contributed by atoms with E-state index in [0.717, 1.165) is 37.3 Å². The van der Waals surface area contributed by atoms with Gasteiger partial charge in [-0.1, -0.05) is 0 Å². The van der Waals surface area contributed by atoms with Crippen LogP contribution in [0, 0.1) is 0 Å². The summed E-state index contributed by atoms with van der Waals surface area (Å²) in [4.78, 5) is 27.9. The quantitative estimate of drug-likeness (QED) is 0.875. The highest BCUT2D eigenvalue weighted by molar-refractivity contribution is 5.99. The van der Waals surface area contributed by atoms with Gasteiger partial charge in [0.25, 0.3) is 5.91 Å². The Morgan fingerprint density at radius 2 is 1.75 bits per heavy atom. The smallest absolute Gasteiger partial charge is 0.335 e. The summed E-state index contributed by atoms with van der Waals surface area (Å²) in [7, 11) is 1.54. The van der Waals surface area contributed by atoms with Crippen LogP contribution in [0.5, 0.6) is 11.5 Å². The van der Waals surface area contributed by atoms with Gasteiger partial charge in [0.05, 0.1) is 30.5 Å². The van der Waals surface area contributed by atoms with Crippen LogP contribution in [-0.4, -0.2) is 55.2 Å². The predicted octanol–water partition coefficient (Wildman–Crippen LogP) is 3.16. The van der Waals surface area contributed by atoms with Gasteiger partial charge in [-0.25, -0.2) is 4.79 Å². The molecular weight excluding hydrogens is 360 g/mol. The normalized spacial score (nSPS) is 15.8. The molecule has 2 aromatic carbocycles. The van der Waals surface area contributed by atoms with E-state index in [-0.39, 0.29) is 11.5 Å². The van der Waals surface area contributed by atoms with E-state index in [1.165, 1.54) is 0 Å². The van der Waals surface area contributed by atoms with Crippen LogP contribution >= 0.6 is 0 Å². The van der Waals surface area contributed by atoms with Crippen molar-refractivity contribution in [2.24, 2.45) is 0 Å². The van der Waals surface area contributed by atoms with Crippen LogP contribution in [0.2, 0.25) is 0 Å². The first-order valence-electron chi connectivity index (χ1n) is 9.34. The fraction of sp³-hybridized carbons (Fsp3) is 0.333. The third kappa shape index (κ3) is 3.13. The van der Waals surface area contributed by atoms with Crippen molar-refractivity contribution in [1.29, 1.82) is 0 Å². The molecule has 28 heavy (non-hydrogen) atoms. The number of methoxy groups -OCH3 is 1. The molecule has 0 aromatic heterocycles. The van der Waals surface area contributed by atoms with Crippen molar-refractivity contribution in [3.8, 4) is 11.5 Å². The van der Waals surface area contributed by atoms with E-state index in [9.17, 15) is 9.59 Å². The standard InChI is InChI=1S/C21H22N2O5/c1-27-18-16(20(24)22-10-2-3-11-22)8-9-17-19(18)28-13-12-23(17)15-6-4-14(5-7-15)21(25)26/h4-9H,2-3,10-13H2,1H3,(H,25,26). The third-order valence-electron chi connectivity index (χ3n) is 5.20. The van der Waals surface area contributed by atoms with Crippen LogP contribution in [0.3, 0.4) is 0 Å². The molecule has 1 amide bonds. The van der Waals surface area contributed by atoms with Gasteiger partial charge in [-0.3, -0.25) is 4.79 Å². The fourth-order valence-electron chi connectivity index (χ4n) is 3.78. The van der Waals surface area contributed by atoms with Gasteiger partial charge >= 0.3 is 5.97 Å². The van der Waals surface area contributed by atoms with E-state index >= 15 is 0 Å². The zero-order valence-corrected chi connectivity index (χ0v) is 15.7. The SMILES string of the molecule is COc1c(C(=O)N2CCCC2)ccc2c1OCCN2c1ccc(C(=O)O)cc1. The van der Waals surface area contributed by atoms with Gasteiger partial charge < -0.3 is 24.4 Å². The lowest BCUT2D eigenvalue weighted by Gasteiger charge is -2.33. The summed E-state index contributed by atoms with van der Waals surface area (Å²) < 4.78 is 11.5. The molecule has 1 saturated heterocycles. The molecule has 4 rings (SSSR count). The third-order valence-corrected chi connectivity index (χ3v) is 5.20. The number of amides is 1. The second kappa shape index (κ2) is 7.42. The van der Waals surface area contributed by atoms with E-state index < -0.39 is 5.97 Å². The molecule has 2 aliphatic rings. The molecule has 0 spiro atoms. The first-order valence-corrected chi connectivity index (χ1v) is 9.34. The van der Waals surface area contributed by atoms with E-state index in [4.69, 9.17) is 14.6 Å². The molecule has 7 heteroatoms. The van der Waals surface area contributed by atoms with Crippen LogP contribution in [0.4, 0.5) is 11.4 Å². The first-order chi connectivity index (χ1) is 13.6. The molecule has 0 aliphatic carbocycles. The lowest BCUT2D eigenvalue weighted by atomic mass is 10.1. The molecule has 1 N–H and O–H groups in total. The Bertz CT molecular complexity index is 904. The van der Waals surface area contributed by atoms with Gasteiger partial charge in [0.15, 0.2) is 11.5 Å². The van der Waals surface area contributed by atoms with Crippen molar-refractivity contribution in [2.45, 2.75) is 12.8 Å². The van der Waals surface area contributed by atoms with E-state index in [1.54, 1.807) is 37.4 Å². The number of nitrogens with zero attached hydrogens (tertiary/aromatic N) is 2. The maximum absolute atomic E-state index is 12.9. The molecule has 0 bridgehead atoms. The molecule has 2 aromatic rings. The zero-order chi connectivity index (χ0) is 19.7. The maximum Gasteiger partial charge on any atom is 0.335 e. The Balaban J connectivity index is 1.71. The highest BCUT2D eigenvalue weighted by Gasteiger charge is 2.29. The second-order valence-electron chi connectivity index (χ2n) is 6.85. The molecule has 2 aliphatic heterocycles. The maximum atomic E-state index is 12.9. The number of hydrogen-bond acceptors (Lipinski definition) is 5. The number of fused-ring (bicyclic) bond motifs is 1. The number of likely N-dealkylation sites (tertiary alicyclic amines) is 1. The van der Waals surface area contributed by atoms with Crippen LogP contribution in [0.1, 0.15) is 33.6 Å². The van der Waals surface area contributed by atoms with Crippen molar-refractivity contribution in [2.75, 3.05) is 38.3 Å². The topological polar surface area (TPSA) is 79.3 Å². The van der Waals surface area contributed by atoms with Crippen molar-refractivity contribution in [1.82, 2.24) is 4.90 Å². The first kappa shape index (κ1) is 18.2. The Kier molecular flexibility index (Phi) is 4.81. The van der Waals surface area contributed by atoms with Gasteiger partial charge in [-0.2, -0.15) is 0 Å². The predicted molar refractivity (Wildman–Crippen MR) is 104 cm³/mol. The van der Waals surface area contributed by atoms with Gasteiger partial charge in [0.2, 0.25) is 0 Å². The summed E-state index contributed by atoms with van der Waals surface area (Å²) in [6, 6.07) is 10.4. The Hall–Kier alpha value is -3.22. The highest BCUT2D eigenvalue weighted by atomic mass is 16.5. The van der Waals surface area contributed by atoms with E-state index in [2.05, 4.69) is 0 Å². The summed E-state index contributed by atoms with van der Waals surface area (Å²) in [6.07, 6.45) is 2.05. The molecule has 7 nitrogen and oxygen atoms in total. The molecular formula is C21H22N2O5. The average Bonchev–Trinajstić information content (AvgIpc) is 3.27. The number of carboxylic acid groups (broad SMARTS) is 1. The minimum Gasteiger partial charge on any atom is -0.492 e. The Labute approximate surface area is 163 Å². The van der Waals surface area contributed by atoms with E-state index in [1.807, 2.05) is 15.9 Å². The van der Waals surface area contributed by atoms with Crippen LogP contribution < -0.4 is 14.4 Å². The average molecular weight is 382 g/mol. The Morgan fingerprint density at radius 3 is 2.39 bits per heavy atom. The number of hydrogen-bond donors (Lipinski definition) is 1. The highest BCUT2D eigenvalue weighted by Crippen LogP contribution is 2.45. The molecule has 0 atom stereocenters. The number of benzene rings is 2. The van der Waals surface area contributed by atoms with Crippen LogP contribution in [0.25, 0.3) is 0 Å². The van der Waals surface area contributed by atoms with Crippen LogP contribution in [0.15, 0.2) is 36.4 Å². The number of ether oxygens (including phenoxy) is 2. The van der Waals surface area contributed by atoms with Crippen molar-refractivity contribution >= 4 is 23.3 Å².